The molecule has 0 aliphatic heterocycles. The van der Waals surface area contributed by atoms with Gasteiger partial charge in [0.15, 0.2) is 0 Å². The summed E-state index contributed by atoms with van der Waals surface area (Å²) in [6, 6.07) is 12.0. The third-order valence-corrected chi connectivity index (χ3v) is 3.85. The van der Waals surface area contributed by atoms with E-state index < -0.39 is 0 Å². The molecule has 5 heteroatoms. The Kier molecular flexibility index (Phi) is 7.68. The first-order valence-electron chi connectivity index (χ1n) is 8.94. The first kappa shape index (κ1) is 19.5. The van der Waals surface area contributed by atoms with Gasteiger partial charge in [-0.3, -0.25) is 0 Å². The summed E-state index contributed by atoms with van der Waals surface area (Å²) in [5.41, 5.74) is 2.88. The lowest BCUT2D eigenvalue weighted by molar-refractivity contribution is 0.290. The lowest BCUT2D eigenvalue weighted by atomic mass is 10.1. The van der Waals surface area contributed by atoms with Crippen LogP contribution < -0.4 is 10.6 Å². The summed E-state index contributed by atoms with van der Waals surface area (Å²) in [6.45, 7) is 9.64. The molecule has 5 nitrogen and oxygen atoms in total. The summed E-state index contributed by atoms with van der Waals surface area (Å²) in [6.07, 6.45) is 4.19. The molecule has 2 aromatic rings. The monoisotopic (exact) mass is 352 g/mol. The number of unbranched alkanes of at least 4 members (excludes halogenated alkanes) is 1. The van der Waals surface area contributed by atoms with E-state index in [0.717, 1.165) is 47.8 Å². The van der Waals surface area contributed by atoms with Crippen LogP contribution in [-0.4, -0.2) is 30.2 Å². The number of nitrogens with one attached hydrogen (secondary N) is 2. The van der Waals surface area contributed by atoms with Gasteiger partial charge in [-0.25, -0.2) is 4.98 Å². The number of rotatable bonds is 10. The number of benzene rings is 1. The zero-order valence-corrected chi connectivity index (χ0v) is 15.9. The SMILES string of the molecule is C=C(/C=C(/CNc1nc(C)cc(NCCCC)n1)OC)c1ccccc1. The van der Waals surface area contributed by atoms with Gasteiger partial charge in [0.2, 0.25) is 5.95 Å². The van der Waals surface area contributed by atoms with E-state index in [2.05, 4.69) is 34.1 Å². The molecule has 0 amide bonds. The molecule has 138 valence electrons. The molecule has 0 bridgehead atoms. The van der Waals surface area contributed by atoms with Crippen molar-refractivity contribution < 1.29 is 4.74 Å². The van der Waals surface area contributed by atoms with Gasteiger partial charge in [0.1, 0.15) is 11.6 Å². The number of hydrogen-bond donors (Lipinski definition) is 2. The largest absolute Gasteiger partial charge is 0.499 e. The summed E-state index contributed by atoms with van der Waals surface area (Å²) in [5.74, 6) is 2.19. The van der Waals surface area contributed by atoms with Crippen molar-refractivity contribution in [2.75, 3.05) is 30.8 Å². The van der Waals surface area contributed by atoms with Crippen molar-refractivity contribution in [2.45, 2.75) is 26.7 Å². The number of methoxy groups -OCH3 is 1. The minimum absolute atomic E-state index is 0.486. The second-order valence-electron chi connectivity index (χ2n) is 6.06. The third-order valence-electron chi connectivity index (χ3n) is 3.85. The zero-order valence-electron chi connectivity index (χ0n) is 15.9. The maximum Gasteiger partial charge on any atom is 0.225 e. The van der Waals surface area contributed by atoms with Gasteiger partial charge >= 0.3 is 0 Å². The fraction of sp³-hybridized carbons (Fsp3) is 0.333. The Morgan fingerprint density at radius 2 is 1.96 bits per heavy atom. The van der Waals surface area contributed by atoms with Crippen molar-refractivity contribution in [3.63, 3.8) is 0 Å². The van der Waals surface area contributed by atoms with Crippen molar-refractivity contribution in [1.82, 2.24) is 9.97 Å². The van der Waals surface area contributed by atoms with E-state index in [1.54, 1.807) is 7.11 Å². The Hall–Kier alpha value is -2.82. The molecule has 0 radical (unpaired) electrons. The van der Waals surface area contributed by atoms with E-state index in [9.17, 15) is 0 Å². The van der Waals surface area contributed by atoms with Crippen molar-refractivity contribution in [2.24, 2.45) is 0 Å². The van der Waals surface area contributed by atoms with Gasteiger partial charge in [-0.1, -0.05) is 50.3 Å². The fourth-order valence-corrected chi connectivity index (χ4v) is 2.41. The number of aryl methyl sites for hydroxylation is 1. The number of anilines is 2. The van der Waals surface area contributed by atoms with E-state index in [0.29, 0.717) is 12.5 Å². The van der Waals surface area contributed by atoms with E-state index in [-0.39, 0.29) is 0 Å². The minimum Gasteiger partial charge on any atom is -0.499 e. The van der Waals surface area contributed by atoms with Crippen LogP contribution in [0.4, 0.5) is 11.8 Å². The van der Waals surface area contributed by atoms with Gasteiger partial charge < -0.3 is 15.4 Å². The summed E-state index contributed by atoms with van der Waals surface area (Å²) in [7, 11) is 1.65. The highest BCUT2D eigenvalue weighted by Gasteiger charge is 2.05. The molecule has 0 spiro atoms. The van der Waals surface area contributed by atoms with Gasteiger partial charge in [0.25, 0.3) is 0 Å². The van der Waals surface area contributed by atoms with Gasteiger partial charge in [-0.15, -0.1) is 0 Å². The molecule has 0 aliphatic rings. The maximum absolute atomic E-state index is 5.47. The van der Waals surface area contributed by atoms with E-state index >= 15 is 0 Å². The first-order valence-corrected chi connectivity index (χ1v) is 8.94. The van der Waals surface area contributed by atoms with Crippen LogP contribution in [0.5, 0.6) is 0 Å². The van der Waals surface area contributed by atoms with Crippen molar-refractivity contribution in [1.29, 1.82) is 0 Å². The summed E-state index contributed by atoms with van der Waals surface area (Å²) < 4.78 is 5.47. The Balaban J connectivity index is 2.01. The lowest BCUT2D eigenvalue weighted by Crippen LogP contribution is -2.12. The second-order valence-corrected chi connectivity index (χ2v) is 6.06. The smallest absolute Gasteiger partial charge is 0.225 e. The predicted octanol–water partition coefficient (Wildman–Crippen LogP) is 4.65. The van der Waals surface area contributed by atoms with Crippen molar-refractivity contribution >= 4 is 17.3 Å². The highest BCUT2D eigenvalue weighted by molar-refractivity contribution is 5.72. The highest BCUT2D eigenvalue weighted by atomic mass is 16.5. The molecule has 1 heterocycles. The molecule has 2 rings (SSSR count). The number of aromatic nitrogens is 2. The number of ether oxygens (including phenoxy) is 1. The van der Waals surface area contributed by atoms with E-state index in [1.807, 2.05) is 49.4 Å². The lowest BCUT2D eigenvalue weighted by Gasteiger charge is -2.12. The highest BCUT2D eigenvalue weighted by Crippen LogP contribution is 2.16. The van der Waals surface area contributed by atoms with Crippen LogP contribution >= 0.6 is 0 Å². The normalized spacial score (nSPS) is 11.1. The summed E-state index contributed by atoms with van der Waals surface area (Å²) in [4.78, 5) is 8.95. The number of allylic oxidation sites excluding steroid dienone is 2. The van der Waals surface area contributed by atoms with Gasteiger partial charge in [0.05, 0.1) is 13.7 Å². The Bertz CT molecular complexity index is 741. The van der Waals surface area contributed by atoms with Crippen LogP contribution in [0.25, 0.3) is 5.57 Å². The number of hydrogen-bond acceptors (Lipinski definition) is 5. The van der Waals surface area contributed by atoms with Crippen LogP contribution in [0.1, 0.15) is 31.0 Å². The van der Waals surface area contributed by atoms with Crippen LogP contribution in [0.3, 0.4) is 0 Å². The van der Waals surface area contributed by atoms with Crippen molar-refractivity contribution in [3.05, 3.63) is 66.1 Å². The van der Waals surface area contributed by atoms with Crippen LogP contribution in [-0.2, 0) is 4.74 Å². The molecule has 1 aromatic heterocycles. The van der Waals surface area contributed by atoms with Crippen molar-refractivity contribution in [3.8, 4) is 0 Å². The quantitative estimate of drug-likeness (QED) is 0.370. The van der Waals surface area contributed by atoms with E-state index in [4.69, 9.17) is 4.74 Å². The predicted molar refractivity (Wildman–Crippen MR) is 109 cm³/mol. The third kappa shape index (κ3) is 6.24. The van der Waals surface area contributed by atoms with Crippen LogP contribution in [0.15, 0.2) is 54.8 Å². The minimum atomic E-state index is 0.486. The second kappa shape index (κ2) is 10.2. The standard InChI is InChI=1S/C21H28N4O/c1-5-6-12-22-20-14-17(3)24-21(25-20)23-15-19(26-4)13-16(2)18-10-8-7-9-11-18/h7-11,13-14H,2,5-6,12,15H2,1,3-4H3,(H2,22,23,24,25)/b19-13-. The van der Waals surface area contributed by atoms with Gasteiger partial charge in [-0.2, -0.15) is 4.98 Å². The molecule has 0 unspecified atom stereocenters. The Labute approximate surface area is 156 Å². The molecule has 0 atom stereocenters. The molecule has 1 aromatic carbocycles. The van der Waals surface area contributed by atoms with Crippen LogP contribution in [0, 0.1) is 6.92 Å². The molecular weight excluding hydrogens is 324 g/mol. The molecule has 2 N–H and O–H groups in total. The Morgan fingerprint density at radius 1 is 1.19 bits per heavy atom. The molecule has 0 saturated carbocycles. The molecular formula is C21H28N4O. The maximum atomic E-state index is 5.47. The van der Waals surface area contributed by atoms with Gasteiger partial charge in [-0.05, 0) is 30.6 Å². The Morgan fingerprint density at radius 3 is 2.65 bits per heavy atom. The number of nitrogens with zero attached hydrogens (tertiary/aromatic N) is 2. The summed E-state index contributed by atoms with van der Waals surface area (Å²) >= 11 is 0. The average molecular weight is 352 g/mol. The van der Waals surface area contributed by atoms with E-state index in [1.165, 1.54) is 0 Å². The topological polar surface area (TPSA) is 59.1 Å². The van der Waals surface area contributed by atoms with Crippen LogP contribution in [0.2, 0.25) is 0 Å². The molecule has 0 saturated heterocycles. The molecule has 0 aliphatic carbocycles. The first-order chi connectivity index (χ1) is 12.6. The average Bonchev–Trinajstić information content (AvgIpc) is 2.65. The fourth-order valence-electron chi connectivity index (χ4n) is 2.41. The zero-order chi connectivity index (χ0) is 18.8. The molecule has 0 fully saturated rings. The van der Waals surface area contributed by atoms with Gasteiger partial charge in [0, 0.05) is 18.3 Å². The molecule has 26 heavy (non-hydrogen) atoms. The summed E-state index contributed by atoms with van der Waals surface area (Å²) in [5, 5.41) is 6.56.